The third-order valence-corrected chi connectivity index (χ3v) is 10.1. The van der Waals surface area contributed by atoms with E-state index in [1.54, 1.807) is 0 Å². The lowest BCUT2D eigenvalue weighted by Gasteiger charge is -2.18. The van der Waals surface area contributed by atoms with Gasteiger partial charge in [-0.1, -0.05) is 133 Å². The molecular weight excluding hydrogens is 601 g/mol. The van der Waals surface area contributed by atoms with E-state index >= 15 is 0 Å². The van der Waals surface area contributed by atoms with Crippen molar-refractivity contribution in [2.24, 2.45) is 0 Å². The van der Waals surface area contributed by atoms with Crippen LogP contribution >= 0.6 is 0 Å². The van der Waals surface area contributed by atoms with Gasteiger partial charge in [0.15, 0.2) is 0 Å². The van der Waals surface area contributed by atoms with Crippen molar-refractivity contribution in [2.45, 2.75) is 0 Å². The fraction of sp³-hybridized carbons (Fsp3) is 0. The van der Waals surface area contributed by atoms with Gasteiger partial charge in [-0.2, -0.15) is 0 Å². The minimum absolute atomic E-state index is 0.807. The number of hydrogen-bond donors (Lipinski definition) is 0. The van der Waals surface area contributed by atoms with Gasteiger partial charge in [0.2, 0.25) is 0 Å². The fourth-order valence-electron chi connectivity index (χ4n) is 7.99. The topological polar surface area (TPSA) is 39.4 Å². The highest BCUT2D eigenvalue weighted by Crippen LogP contribution is 2.50. The molecule has 8 aromatic carbocycles. The van der Waals surface area contributed by atoms with E-state index in [0.29, 0.717) is 0 Å². The molecule has 0 radical (unpaired) electrons. The van der Waals surface area contributed by atoms with Crippen molar-refractivity contribution < 1.29 is 13.3 Å². The summed E-state index contributed by atoms with van der Waals surface area (Å²) in [6.07, 6.45) is 0. The molecule has 0 amide bonds. The van der Waals surface area contributed by atoms with Gasteiger partial charge >= 0.3 is 0 Å². The molecule has 0 saturated heterocycles. The van der Waals surface area contributed by atoms with Crippen molar-refractivity contribution in [2.75, 3.05) is 0 Å². The van der Waals surface area contributed by atoms with E-state index in [0.717, 1.165) is 110 Å². The van der Waals surface area contributed by atoms with Crippen LogP contribution in [0.4, 0.5) is 0 Å². The zero-order chi connectivity index (χ0) is 32.1. The first kappa shape index (κ1) is 26.5. The lowest BCUT2D eigenvalue weighted by Crippen LogP contribution is -1.91. The zero-order valence-electron chi connectivity index (χ0n) is 26.2. The number of rotatable bonds is 3. The Kier molecular flexibility index (Phi) is 5.38. The molecule has 49 heavy (non-hydrogen) atoms. The molecule has 0 bridgehead atoms. The molecule has 0 N–H and O–H groups in total. The van der Waals surface area contributed by atoms with Gasteiger partial charge in [-0.15, -0.1) is 0 Å². The Labute approximate surface area is 280 Å². The molecule has 11 rings (SSSR count). The highest BCUT2D eigenvalue weighted by Gasteiger charge is 2.24. The van der Waals surface area contributed by atoms with Crippen LogP contribution in [0.1, 0.15) is 0 Å². The van der Waals surface area contributed by atoms with Crippen LogP contribution in [-0.2, 0) is 0 Å². The van der Waals surface area contributed by atoms with Gasteiger partial charge in [-0.05, 0) is 56.9 Å². The van der Waals surface area contributed by atoms with E-state index in [2.05, 4.69) is 127 Å². The van der Waals surface area contributed by atoms with Crippen molar-refractivity contribution in [1.29, 1.82) is 0 Å². The molecule has 3 heteroatoms. The Morgan fingerprint density at radius 2 is 0.857 bits per heavy atom. The quantitative estimate of drug-likeness (QED) is 0.183. The molecule has 0 aliphatic rings. The van der Waals surface area contributed by atoms with Crippen LogP contribution in [0.3, 0.4) is 0 Å². The monoisotopic (exact) mass is 626 g/mol. The van der Waals surface area contributed by atoms with Gasteiger partial charge in [-0.25, -0.2) is 0 Å². The Bertz CT molecular complexity index is 3040. The maximum absolute atomic E-state index is 6.82. The Balaban J connectivity index is 1.30. The molecular formula is C46H26O3. The fourth-order valence-corrected chi connectivity index (χ4v) is 7.99. The van der Waals surface area contributed by atoms with E-state index in [4.69, 9.17) is 13.3 Å². The number of para-hydroxylation sites is 3. The molecule has 3 nitrogen and oxygen atoms in total. The Hall–Kier alpha value is -6.58. The smallest absolute Gasteiger partial charge is 0.147 e. The number of fused-ring (bicyclic) bond motifs is 10. The van der Waals surface area contributed by atoms with Gasteiger partial charge in [0.25, 0.3) is 0 Å². The summed E-state index contributed by atoms with van der Waals surface area (Å²) in [7, 11) is 0. The largest absolute Gasteiger partial charge is 0.456 e. The Morgan fingerprint density at radius 3 is 1.55 bits per heavy atom. The van der Waals surface area contributed by atoms with Crippen molar-refractivity contribution in [3.8, 4) is 33.6 Å². The third-order valence-electron chi connectivity index (χ3n) is 10.1. The molecule has 0 aliphatic carbocycles. The molecule has 0 atom stereocenters. The normalized spacial score (nSPS) is 12.1. The van der Waals surface area contributed by atoms with Crippen LogP contribution in [0, 0.1) is 0 Å². The van der Waals surface area contributed by atoms with Crippen LogP contribution in [-0.4, -0.2) is 0 Å². The molecule has 0 aliphatic heterocycles. The number of benzene rings is 8. The van der Waals surface area contributed by atoms with Crippen molar-refractivity contribution in [3.63, 3.8) is 0 Å². The van der Waals surface area contributed by atoms with Crippen LogP contribution in [0.25, 0.3) is 110 Å². The average molecular weight is 627 g/mol. The summed E-state index contributed by atoms with van der Waals surface area (Å²) in [4.78, 5) is 0. The summed E-state index contributed by atoms with van der Waals surface area (Å²) >= 11 is 0. The molecule has 3 heterocycles. The van der Waals surface area contributed by atoms with Crippen molar-refractivity contribution >= 4 is 76.4 Å². The average Bonchev–Trinajstić information content (AvgIpc) is 3.87. The molecule has 3 aromatic heterocycles. The SMILES string of the molecule is c1ccc(-c2cc3c(-c4c5ccccc5c(-c5cccc6c5oc5ccccc56)c5ccccc45)cc4oc5ccccc5c4c3o2)cc1. The van der Waals surface area contributed by atoms with Crippen LogP contribution in [0.15, 0.2) is 171 Å². The lowest BCUT2D eigenvalue weighted by molar-refractivity contribution is 0.633. The zero-order valence-corrected chi connectivity index (χ0v) is 26.2. The maximum atomic E-state index is 6.82. The van der Waals surface area contributed by atoms with Gasteiger partial charge in [0, 0.05) is 38.2 Å². The summed E-state index contributed by atoms with van der Waals surface area (Å²) in [5.74, 6) is 0.830. The first-order chi connectivity index (χ1) is 24.3. The maximum Gasteiger partial charge on any atom is 0.147 e. The van der Waals surface area contributed by atoms with Gasteiger partial charge in [-0.3, -0.25) is 0 Å². The summed E-state index contributed by atoms with van der Waals surface area (Å²) in [6, 6.07) is 55.2. The molecule has 0 unspecified atom stereocenters. The predicted molar refractivity (Wildman–Crippen MR) is 202 cm³/mol. The summed E-state index contributed by atoms with van der Waals surface area (Å²) in [5, 5.41) is 9.98. The van der Waals surface area contributed by atoms with Gasteiger partial charge < -0.3 is 13.3 Å². The highest BCUT2D eigenvalue weighted by atomic mass is 16.3. The minimum atomic E-state index is 0.807. The summed E-state index contributed by atoms with van der Waals surface area (Å²) < 4.78 is 20.0. The van der Waals surface area contributed by atoms with E-state index in [1.165, 1.54) is 0 Å². The Morgan fingerprint density at radius 1 is 0.306 bits per heavy atom. The third kappa shape index (κ3) is 3.73. The van der Waals surface area contributed by atoms with Gasteiger partial charge in [0.05, 0.1) is 5.39 Å². The summed E-state index contributed by atoms with van der Waals surface area (Å²) in [6.45, 7) is 0. The molecule has 0 spiro atoms. The number of hydrogen-bond acceptors (Lipinski definition) is 3. The van der Waals surface area contributed by atoms with Crippen molar-refractivity contribution in [1.82, 2.24) is 0 Å². The van der Waals surface area contributed by atoms with Crippen LogP contribution < -0.4 is 0 Å². The molecule has 228 valence electrons. The first-order valence-electron chi connectivity index (χ1n) is 16.6. The van der Waals surface area contributed by atoms with E-state index in [1.807, 2.05) is 30.3 Å². The molecule has 0 fully saturated rings. The van der Waals surface area contributed by atoms with E-state index in [9.17, 15) is 0 Å². The summed E-state index contributed by atoms with van der Waals surface area (Å²) in [5.41, 5.74) is 9.80. The second kappa shape index (κ2) is 9.96. The second-order valence-corrected chi connectivity index (χ2v) is 12.7. The number of furan rings is 3. The second-order valence-electron chi connectivity index (χ2n) is 12.7. The minimum Gasteiger partial charge on any atom is -0.456 e. The van der Waals surface area contributed by atoms with Gasteiger partial charge in [0.1, 0.15) is 33.7 Å². The lowest BCUT2D eigenvalue weighted by atomic mass is 9.84. The molecule has 11 aromatic rings. The predicted octanol–water partition coefficient (Wildman–Crippen LogP) is 13.5. The van der Waals surface area contributed by atoms with E-state index in [-0.39, 0.29) is 0 Å². The standard InChI is InChI=1S/C46H26O3/c1-2-13-27(14-3-1)40-26-37-36(25-41-44(46(37)49-40)34-20-9-11-24-39(34)47-41)43-31-18-6-4-16-29(31)42(30-17-5-7-19-32(30)43)35-22-12-21-33-28-15-8-10-23-38(28)48-45(33)35/h1-26H. The van der Waals surface area contributed by atoms with Crippen molar-refractivity contribution in [3.05, 3.63) is 158 Å². The van der Waals surface area contributed by atoms with Crippen LogP contribution in [0.2, 0.25) is 0 Å². The first-order valence-corrected chi connectivity index (χ1v) is 16.6. The van der Waals surface area contributed by atoms with Crippen LogP contribution in [0.5, 0.6) is 0 Å². The van der Waals surface area contributed by atoms with E-state index < -0.39 is 0 Å². The highest BCUT2D eigenvalue weighted by molar-refractivity contribution is 6.28. The molecule has 0 saturated carbocycles.